The molecule has 4 rings (SSSR count). The minimum atomic E-state index is -0.585. The van der Waals surface area contributed by atoms with E-state index in [0.717, 1.165) is 10.8 Å². The number of hydrogen-bond donors (Lipinski definition) is 0. The number of rotatable bonds is 7. The third-order valence-corrected chi connectivity index (χ3v) is 5.86. The van der Waals surface area contributed by atoms with Crippen molar-refractivity contribution in [1.82, 2.24) is 0 Å². The highest BCUT2D eigenvalue weighted by atomic mass is 19.1. The molecule has 0 aliphatic heterocycles. The summed E-state index contributed by atoms with van der Waals surface area (Å²) in [7, 11) is 1.58. The molecular formula is C30H24F4O. The molecule has 4 aromatic carbocycles. The first-order valence-electron chi connectivity index (χ1n) is 11.4. The van der Waals surface area contributed by atoms with Gasteiger partial charge in [-0.15, -0.1) is 0 Å². The van der Waals surface area contributed by atoms with Crippen molar-refractivity contribution in [1.29, 1.82) is 0 Å². The van der Waals surface area contributed by atoms with Crippen LogP contribution in [0, 0.1) is 35.1 Å². The highest BCUT2D eigenvalue weighted by Gasteiger charge is 2.12. The highest BCUT2D eigenvalue weighted by Crippen LogP contribution is 2.20. The van der Waals surface area contributed by atoms with Gasteiger partial charge in [-0.25, -0.2) is 17.6 Å². The minimum Gasteiger partial charge on any atom is -0.385 e. The van der Waals surface area contributed by atoms with Crippen LogP contribution in [0.1, 0.15) is 34.2 Å². The average Bonchev–Trinajstić information content (AvgIpc) is 2.83. The molecule has 4 aromatic rings. The van der Waals surface area contributed by atoms with Crippen molar-refractivity contribution in [3.63, 3.8) is 0 Å². The highest BCUT2D eigenvalue weighted by molar-refractivity contribution is 5.84. The van der Waals surface area contributed by atoms with Gasteiger partial charge in [0, 0.05) is 24.8 Å². The molecule has 0 bridgehead atoms. The predicted molar refractivity (Wildman–Crippen MR) is 130 cm³/mol. The Hall–Kier alpha value is -3.62. The fourth-order valence-electron chi connectivity index (χ4n) is 3.98. The molecule has 0 saturated carbocycles. The SMILES string of the molecule is COCCCc1cc(F)c(CCc2ccc(C#Cc3ccc4cc(F)ccc4c3)c(F)c2)c(F)c1. The van der Waals surface area contributed by atoms with Crippen molar-refractivity contribution in [2.75, 3.05) is 13.7 Å². The first kappa shape index (κ1) is 24.5. The van der Waals surface area contributed by atoms with E-state index in [1.807, 2.05) is 6.07 Å². The lowest BCUT2D eigenvalue weighted by atomic mass is 9.99. The van der Waals surface area contributed by atoms with Crippen molar-refractivity contribution >= 4 is 10.8 Å². The zero-order valence-electron chi connectivity index (χ0n) is 19.3. The van der Waals surface area contributed by atoms with E-state index in [-0.39, 0.29) is 23.4 Å². The van der Waals surface area contributed by atoms with Crippen LogP contribution in [0.15, 0.2) is 66.7 Å². The average molecular weight is 477 g/mol. The van der Waals surface area contributed by atoms with Crippen LogP contribution in [-0.2, 0) is 24.0 Å². The number of aryl methyl sites for hydroxylation is 2. The van der Waals surface area contributed by atoms with Gasteiger partial charge in [0.25, 0.3) is 0 Å². The van der Waals surface area contributed by atoms with Gasteiger partial charge in [-0.2, -0.15) is 0 Å². The van der Waals surface area contributed by atoms with Crippen LogP contribution in [0.5, 0.6) is 0 Å². The maximum atomic E-state index is 14.6. The zero-order valence-corrected chi connectivity index (χ0v) is 19.3. The topological polar surface area (TPSA) is 9.23 Å². The molecular weight excluding hydrogens is 452 g/mol. The number of ether oxygens (including phenoxy) is 1. The van der Waals surface area contributed by atoms with E-state index in [9.17, 15) is 17.6 Å². The van der Waals surface area contributed by atoms with Crippen LogP contribution in [0.25, 0.3) is 10.8 Å². The molecule has 0 saturated heterocycles. The first-order chi connectivity index (χ1) is 16.9. The summed E-state index contributed by atoms with van der Waals surface area (Å²) >= 11 is 0. The number of hydrogen-bond acceptors (Lipinski definition) is 1. The lowest BCUT2D eigenvalue weighted by Crippen LogP contribution is -2.02. The third-order valence-electron chi connectivity index (χ3n) is 5.86. The van der Waals surface area contributed by atoms with E-state index in [4.69, 9.17) is 4.74 Å². The monoisotopic (exact) mass is 476 g/mol. The Labute approximate surface area is 202 Å². The smallest absolute Gasteiger partial charge is 0.139 e. The summed E-state index contributed by atoms with van der Waals surface area (Å²) in [5, 5.41) is 1.61. The van der Waals surface area contributed by atoms with Gasteiger partial charge in [-0.05, 0) is 96.1 Å². The van der Waals surface area contributed by atoms with Crippen molar-refractivity contribution in [3.8, 4) is 11.8 Å². The van der Waals surface area contributed by atoms with Crippen LogP contribution < -0.4 is 0 Å². The van der Waals surface area contributed by atoms with Crippen LogP contribution in [-0.4, -0.2) is 13.7 Å². The standard InChI is InChI=1S/C30H24F4O/c1-35-14-2-3-22-17-29(33)27(30(34)18-22)13-7-21-5-9-23(28(32)16-21)8-4-20-6-10-25-19-26(31)12-11-24(25)15-20/h5-6,9-12,15-19H,2-3,7,13-14H2,1H3. The first-order valence-corrected chi connectivity index (χ1v) is 11.4. The summed E-state index contributed by atoms with van der Waals surface area (Å²) in [6, 6.07) is 17.2. The molecule has 0 fully saturated rings. The van der Waals surface area contributed by atoms with E-state index in [2.05, 4.69) is 11.8 Å². The second-order valence-electron chi connectivity index (χ2n) is 8.40. The van der Waals surface area contributed by atoms with Crippen molar-refractivity contribution in [2.45, 2.75) is 25.7 Å². The fourth-order valence-corrected chi connectivity index (χ4v) is 3.98. The van der Waals surface area contributed by atoms with Gasteiger partial charge in [-0.1, -0.05) is 30.0 Å². The Morgan fingerprint density at radius 3 is 2.11 bits per heavy atom. The number of benzene rings is 4. The number of methoxy groups -OCH3 is 1. The van der Waals surface area contributed by atoms with Gasteiger partial charge >= 0.3 is 0 Å². The summed E-state index contributed by atoms with van der Waals surface area (Å²) in [4.78, 5) is 0. The van der Waals surface area contributed by atoms with Crippen LogP contribution in [0.4, 0.5) is 17.6 Å². The number of fused-ring (bicyclic) bond motifs is 1. The Balaban J connectivity index is 1.43. The maximum Gasteiger partial charge on any atom is 0.139 e. The summed E-state index contributed by atoms with van der Waals surface area (Å²) in [6.07, 6.45) is 1.64. The zero-order chi connectivity index (χ0) is 24.8. The quantitative estimate of drug-likeness (QED) is 0.156. The molecule has 0 aromatic heterocycles. The fraction of sp³-hybridized carbons (Fsp3) is 0.200. The molecule has 0 spiro atoms. The molecule has 0 amide bonds. The molecule has 0 N–H and O–H groups in total. The molecule has 0 aliphatic rings. The van der Waals surface area contributed by atoms with Gasteiger partial charge in [0.1, 0.15) is 23.3 Å². The molecule has 5 heteroatoms. The van der Waals surface area contributed by atoms with Gasteiger partial charge in [0.05, 0.1) is 5.56 Å². The maximum absolute atomic E-state index is 14.6. The van der Waals surface area contributed by atoms with Gasteiger partial charge < -0.3 is 4.74 Å². The largest absolute Gasteiger partial charge is 0.385 e. The Kier molecular flexibility index (Phi) is 7.84. The van der Waals surface area contributed by atoms with E-state index in [1.165, 1.54) is 30.3 Å². The summed E-state index contributed by atoms with van der Waals surface area (Å²) in [5.41, 5.74) is 2.13. The molecule has 0 heterocycles. The lowest BCUT2D eigenvalue weighted by Gasteiger charge is -2.09. The lowest BCUT2D eigenvalue weighted by molar-refractivity contribution is 0.195. The summed E-state index contributed by atoms with van der Waals surface area (Å²) in [6.45, 7) is 0.528. The molecule has 178 valence electrons. The molecule has 0 atom stereocenters. The van der Waals surface area contributed by atoms with E-state index < -0.39 is 17.5 Å². The molecule has 35 heavy (non-hydrogen) atoms. The second kappa shape index (κ2) is 11.2. The van der Waals surface area contributed by atoms with Gasteiger partial charge in [0.2, 0.25) is 0 Å². The minimum absolute atomic E-state index is 0.000883. The van der Waals surface area contributed by atoms with Crippen molar-refractivity contribution < 1.29 is 22.3 Å². The van der Waals surface area contributed by atoms with E-state index in [1.54, 1.807) is 37.4 Å². The summed E-state index contributed by atoms with van der Waals surface area (Å²) < 4.78 is 61.9. The predicted octanol–water partition coefficient (Wildman–Crippen LogP) is 7.16. The van der Waals surface area contributed by atoms with Crippen LogP contribution in [0.3, 0.4) is 0 Å². The molecule has 0 unspecified atom stereocenters. The summed E-state index contributed by atoms with van der Waals surface area (Å²) in [5.74, 6) is 3.79. The normalized spacial score (nSPS) is 10.9. The van der Waals surface area contributed by atoms with Crippen LogP contribution in [0.2, 0.25) is 0 Å². The van der Waals surface area contributed by atoms with Gasteiger partial charge in [-0.3, -0.25) is 0 Å². The molecule has 1 nitrogen and oxygen atoms in total. The van der Waals surface area contributed by atoms with Crippen molar-refractivity contribution in [3.05, 3.63) is 118 Å². The Bertz CT molecular complexity index is 1390. The van der Waals surface area contributed by atoms with Crippen molar-refractivity contribution in [2.24, 2.45) is 0 Å². The molecule has 0 radical (unpaired) electrons. The van der Waals surface area contributed by atoms with E-state index >= 15 is 0 Å². The van der Waals surface area contributed by atoms with Crippen LogP contribution >= 0.6 is 0 Å². The van der Waals surface area contributed by atoms with E-state index in [0.29, 0.717) is 42.6 Å². The number of halogens is 4. The molecule has 0 aliphatic carbocycles. The Morgan fingerprint density at radius 2 is 1.37 bits per heavy atom. The Morgan fingerprint density at radius 1 is 0.657 bits per heavy atom. The third kappa shape index (κ3) is 6.29. The second-order valence-corrected chi connectivity index (χ2v) is 8.40. The van der Waals surface area contributed by atoms with Gasteiger partial charge in [0.15, 0.2) is 0 Å².